The van der Waals surface area contributed by atoms with E-state index in [4.69, 9.17) is 5.11 Å². The standard InChI is InChI=1S/C11H14N2O5/c1-6(14)13-5-9(15)10(16)7-2-3-12-8(4-7)11(17)18/h2-4,9-10,15-16H,5H2,1H3,(H,13,14)(H,17,18). The minimum absolute atomic E-state index is 0.124. The first kappa shape index (κ1) is 14.1. The Labute approximate surface area is 103 Å². The summed E-state index contributed by atoms with van der Waals surface area (Å²) in [6.07, 6.45) is -1.29. The lowest BCUT2D eigenvalue weighted by molar-refractivity contribution is -0.119. The van der Waals surface area contributed by atoms with Crippen LogP contribution in [0, 0.1) is 0 Å². The predicted molar refractivity (Wildman–Crippen MR) is 60.8 cm³/mol. The average Bonchev–Trinajstić information content (AvgIpc) is 2.35. The van der Waals surface area contributed by atoms with E-state index in [9.17, 15) is 19.8 Å². The molecule has 1 rings (SSSR count). The zero-order valence-corrected chi connectivity index (χ0v) is 9.70. The summed E-state index contributed by atoms with van der Waals surface area (Å²) in [6, 6.07) is 2.57. The molecule has 2 unspecified atom stereocenters. The number of aliphatic hydroxyl groups excluding tert-OH is 2. The molecule has 0 radical (unpaired) electrons. The average molecular weight is 254 g/mol. The van der Waals surface area contributed by atoms with Crippen molar-refractivity contribution in [2.24, 2.45) is 0 Å². The van der Waals surface area contributed by atoms with E-state index in [0.717, 1.165) is 0 Å². The minimum atomic E-state index is -1.29. The van der Waals surface area contributed by atoms with Gasteiger partial charge in [0.2, 0.25) is 5.91 Å². The molecule has 4 N–H and O–H groups in total. The van der Waals surface area contributed by atoms with Crippen molar-refractivity contribution in [1.82, 2.24) is 10.3 Å². The molecular formula is C11H14N2O5. The van der Waals surface area contributed by atoms with Crippen LogP contribution < -0.4 is 5.32 Å². The molecule has 1 aromatic rings. The van der Waals surface area contributed by atoms with Gasteiger partial charge in [0.05, 0.1) is 0 Å². The Balaban J connectivity index is 2.76. The highest BCUT2D eigenvalue weighted by Gasteiger charge is 2.19. The number of carboxylic acids is 1. The number of aromatic nitrogens is 1. The van der Waals surface area contributed by atoms with Crippen molar-refractivity contribution in [2.45, 2.75) is 19.1 Å². The van der Waals surface area contributed by atoms with Gasteiger partial charge in [-0.2, -0.15) is 0 Å². The smallest absolute Gasteiger partial charge is 0.354 e. The Hall–Kier alpha value is -1.99. The van der Waals surface area contributed by atoms with E-state index in [1.54, 1.807) is 0 Å². The van der Waals surface area contributed by atoms with Crippen molar-refractivity contribution >= 4 is 11.9 Å². The molecule has 18 heavy (non-hydrogen) atoms. The van der Waals surface area contributed by atoms with Crippen LogP contribution in [0.25, 0.3) is 0 Å². The van der Waals surface area contributed by atoms with Crippen molar-refractivity contribution < 1.29 is 24.9 Å². The van der Waals surface area contributed by atoms with Gasteiger partial charge in [-0.25, -0.2) is 9.78 Å². The highest BCUT2D eigenvalue weighted by atomic mass is 16.4. The zero-order chi connectivity index (χ0) is 13.7. The first-order chi connectivity index (χ1) is 8.41. The van der Waals surface area contributed by atoms with Crippen LogP contribution in [-0.4, -0.2) is 44.8 Å². The van der Waals surface area contributed by atoms with E-state index in [1.165, 1.54) is 25.3 Å². The maximum atomic E-state index is 10.7. The van der Waals surface area contributed by atoms with E-state index in [1.807, 2.05) is 0 Å². The second-order valence-corrected chi connectivity index (χ2v) is 3.73. The summed E-state index contributed by atoms with van der Waals surface area (Å²) in [7, 11) is 0. The fourth-order valence-corrected chi connectivity index (χ4v) is 1.33. The van der Waals surface area contributed by atoms with Crippen molar-refractivity contribution in [3.8, 4) is 0 Å². The first-order valence-corrected chi connectivity index (χ1v) is 5.21. The van der Waals surface area contributed by atoms with Crippen LogP contribution in [0.3, 0.4) is 0 Å². The van der Waals surface area contributed by atoms with E-state index in [0.29, 0.717) is 0 Å². The summed E-state index contributed by atoms with van der Waals surface area (Å²) in [4.78, 5) is 24.9. The van der Waals surface area contributed by atoms with E-state index >= 15 is 0 Å². The SMILES string of the molecule is CC(=O)NCC(O)C(O)c1ccnc(C(=O)O)c1. The minimum Gasteiger partial charge on any atom is -0.477 e. The number of aromatic carboxylic acids is 1. The van der Waals surface area contributed by atoms with E-state index < -0.39 is 18.2 Å². The fraction of sp³-hybridized carbons (Fsp3) is 0.364. The largest absolute Gasteiger partial charge is 0.477 e. The molecule has 98 valence electrons. The van der Waals surface area contributed by atoms with E-state index in [2.05, 4.69) is 10.3 Å². The molecule has 7 nitrogen and oxygen atoms in total. The molecule has 0 saturated carbocycles. The zero-order valence-electron chi connectivity index (χ0n) is 9.70. The van der Waals surface area contributed by atoms with Crippen molar-refractivity contribution in [1.29, 1.82) is 0 Å². The lowest BCUT2D eigenvalue weighted by Gasteiger charge is -2.18. The highest BCUT2D eigenvalue weighted by Crippen LogP contribution is 2.16. The molecule has 1 heterocycles. The molecule has 0 aliphatic heterocycles. The number of aliphatic hydroxyl groups is 2. The van der Waals surface area contributed by atoms with Gasteiger partial charge in [-0.1, -0.05) is 0 Å². The van der Waals surface area contributed by atoms with Gasteiger partial charge in [-0.05, 0) is 17.7 Å². The number of carboxylic acid groups (broad SMARTS) is 1. The lowest BCUT2D eigenvalue weighted by Crippen LogP contribution is -2.34. The number of pyridine rings is 1. The molecule has 0 bridgehead atoms. The van der Waals surface area contributed by atoms with Gasteiger partial charge in [0.25, 0.3) is 0 Å². The third-order valence-electron chi connectivity index (χ3n) is 2.27. The second kappa shape index (κ2) is 6.08. The molecule has 0 aromatic carbocycles. The molecule has 0 aliphatic rings. The quantitative estimate of drug-likeness (QED) is 0.552. The number of carbonyl (C=O) groups excluding carboxylic acids is 1. The number of rotatable bonds is 5. The Kier molecular flexibility index (Phi) is 4.75. The van der Waals surface area contributed by atoms with Gasteiger partial charge in [0, 0.05) is 19.7 Å². The number of hydrogen-bond acceptors (Lipinski definition) is 5. The van der Waals surface area contributed by atoms with Crippen LogP contribution in [0.1, 0.15) is 29.1 Å². The number of hydrogen-bond donors (Lipinski definition) is 4. The Morgan fingerprint density at radius 2 is 2.11 bits per heavy atom. The third-order valence-corrected chi connectivity index (χ3v) is 2.27. The van der Waals surface area contributed by atoms with Crippen LogP contribution in [-0.2, 0) is 4.79 Å². The normalized spacial score (nSPS) is 13.7. The maximum Gasteiger partial charge on any atom is 0.354 e. The second-order valence-electron chi connectivity index (χ2n) is 3.73. The summed E-state index contributed by atoms with van der Waals surface area (Å²) in [6.45, 7) is 1.16. The van der Waals surface area contributed by atoms with Crippen LogP contribution >= 0.6 is 0 Å². The molecule has 0 spiro atoms. The predicted octanol–water partition coefficient (Wildman–Crippen LogP) is -0.690. The lowest BCUT2D eigenvalue weighted by atomic mass is 10.0. The molecule has 0 aliphatic carbocycles. The summed E-state index contributed by atoms with van der Waals surface area (Å²) in [5, 5.41) is 30.5. The van der Waals surface area contributed by atoms with Crippen LogP contribution in [0.4, 0.5) is 0 Å². The van der Waals surface area contributed by atoms with Crippen LogP contribution in [0.15, 0.2) is 18.3 Å². The molecule has 7 heteroatoms. The van der Waals surface area contributed by atoms with Gasteiger partial charge in [-0.15, -0.1) is 0 Å². The molecule has 1 amide bonds. The number of nitrogens with zero attached hydrogens (tertiary/aromatic N) is 1. The Morgan fingerprint density at radius 3 is 2.67 bits per heavy atom. The van der Waals surface area contributed by atoms with Crippen molar-refractivity contribution in [3.63, 3.8) is 0 Å². The van der Waals surface area contributed by atoms with Gasteiger partial charge >= 0.3 is 5.97 Å². The van der Waals surface area contributed by atoms with Crippen molar-refractivity contribution in [2.75, 3.05) is 6.54 Å². The number of carbonyl (C=O) groups is 2. The number of amides is 1. The molecule has 0 saturated heterocycles. The van der Waals surface area contributed by atoms with Crippen LogP contribution in [0.2, 0.25) is 0 Å². The summed E-state index contributed by atoms with van der Waals surface area (Å²) in [5.74, 6) is -1.55. The van der Waals surface area contributed by atoms with E-state index in [-0.39, 0.29) is 23.7 Å². The first-order valence-electron chi connectivity index (χ1n) is 5.21. The van der Waals surface area contributed by atoms with Crippen LogP contribution in [0.5, 0.6) is 0 Å². The van der Waals surface area contributed by atoms with Gasteiger partial charge in [0.1, 0.15) is 17.9 Å². The molecular weight excluding hydrogens is 240 g/mol. The highest BCUT2D eigenvalue weighted by molar-refractivity contribution is 5.85. The molecule has 1 aromatic heterocycles. The van der Waals surface area contributed by atoms with Gasteiger partial charge in [-0.3, -0.25) is 4.79 Å². The van der Waals surface area contributed by atoms with Crippen molar-refractivity contribution in [3.05, 3.63) is 29.6 Å². The fourth-order valence-electron chi connectivity index (χ4n) is 1.33. The molecule has 2 atom stereocenters. The number of nitrogens with one attached hydrogen (secondary N) is 1. The maximum absolute atomic E-state index is 10.7. The van der Waals surface area contributed by atoms with Gasteiger partial charge in [0.15, 0.2) is 0 Å². The Morgan fingerprint density at radius 1 is 1.44 bits per heavy atom. The topological polar surface area (TPSA) is 120 Å². The summed E-state index contributed by atoms with van der Waals surface area (Å²) >= 11 is 0. The Bertz CT molecular complexity index is 449. The third kappa shape index (κ3) is 3.79. The summed E-state index contributed by atoms with van der Waals surface area (Å²) < 4.78 is 0. The summed E-state index contributed by atoms with van der Waals surface area (Å²) in [5.41, 5.74) is -0.00136. The molecule has 0 fully saturated rings. The van der Waals surface area contributed by atoms with Gasteiger partial charge < -0.3 is 20.6 Å². The monoisotopic (exact) mass is 254 g/mol.